The number of ether oxygens (including phenoxy) is 4. The van der Waals surface area contributed by atoms with Gasteiger partial charge >= 0.3 is 0 Å². The predicted molar refractivity (Wildman–Crippen MR) is 117 cm³/mol. The third-order valence-corrected chi connectivity index (χ3v) is 5.80. The lowest BCUT2D eigenvalue weighted by Crippen LogP contribution is -2.42. The van der Waals surface area contributed by atoms with Gasteiger partial charge in [-0.3, -0.25) is 4.90 Å². The second-order valence-corrected chi connectivity index (χ2v) is 7.93. The van der Waals surface area contributed by atoms with E-state index >= 15 is 0 Å². The van der Waals surface area contributed by atoms with Crippen molar-refractivity contribution in [1.29, 1.82) is 0 Å². The van der Waals surface area contributed by atoms with Crippen LogP contribution in [-0.2, 0) is 11.3 Å². The van der Waals surface area contributed by atoms with Gasteiger partial charge in [-0.05, 0) is 35.4 Å². The number of fused-ring (bicyclic) bond motifs is 1. The molecule has 162 valence electrons. The van der Waals surface area contributed by atoms with Crippen LogP contribution in [0.2, 0.25) is 5.02 Å². The minimum atomic E-state index is 0.260. The van der Waals surface area contributed by atoms with Crippen molar-refractivity contribution in [3.8, 4) is 17.2 Å². The van der Waals surface area contributed by atoms with E-state index in [1.54, 1.807) is 7.11 Å². The molecule has 0 aromatic heterocycles. The zero-order valence-corrected chi connectivity index (χ0v) is 18.1. The number of hydrogen-bond acceptors (Lipinski definition) is 6. The lowest BCUT2D eigenvalue weighted by Gasteiger charge is -2.35. The summed E-state index contributed by atoms with van der Waals surface area (Å²) in [5.41, 5.74) is 2.35. The molecule has 2 aromatic carbocycles. The Morgan fingerprint density at radius 3 is 2.60 bits per heavy atom. The van der Waals surface area contributed by atoms with Crippen LogP contribution in [0.15, 0.2) is 36.4 Å². The fraction of sp³-hybridized carbons (Fsp3) is 0.478. The smallest absolute Gasteiger partial charge is 0.179 e. The Hall–Kier alpha value is -1.99. The molecule has 2 heterocycles. The normalized spacial score (nSPS) is 17.9. The van der Waals surface area contributed by atoms with Crippen LogP contribution < -0.4 is 19.5 Å². The first-order valence-electron chi connectivity index (χ1n) is 10.5. The van der Waals surface area contributed by atoms with E-state index in [1.165, 1.54) is 5.56 Å². The molecule has 2 aromatic rings. The summed E-state index contributed by atoms with van der Waals surface area (Å²) in [6.07, 6.45) is 0.863. The van der Waals surface area contributed by atoms with Gasteiger partial charge in [0, 0.05) is 38.6 Å². The number of nitrogens with one attached hydrogen (secondary N) is 1. The highest BCUT2D eigenvalue weighted by Gasteiger charge is 2.23. The first kappa shape index (κ1) is 21.2. The van der Waals surface area contributed by atoms with Gasteiger partial charge in [-0.1, -0.05) is 23.7 Å². The van der Waals surface area contributed by atoms with Crippen molar-refractivity contribution in [2.24, 2.45) is 0 Å². The molecule has 2 aliphatic heterocycles. The Balaban J connectivity index is 1.44. The van der Waals surface area contributed by atoms with Gasteiger partial charge in [-0.2, -0.15) is 0 Å². The van der Waals surface area contributed by atoms with Gasteiger partial charge in [0.05, 0.1) is 38.6 Å². The first-order chi connectivity index (χ1) is 14.7. The number of benzene rings is 2. The molecule has 0 amide bonds. The molecule has 0 aliphatic carbocycles. The van der Waals surface area contributed by atoms with E-state index in [4.69, 9.17) is 30.5 Å². The van der Waals surface area contributed by atoms with Crippen LogP contribution in [0, 0.1) is 0 Å². The Kier molecular flexibility index (Phi) is 7.33. The number of rotatable bonds is 7. The molecular weight excluding hydrogens is 404 g/mol. The molecule has 2 aliphatic rings. The molecule has 4 rings (SSSR count). The van der Waals surface area contributed by atoms with Crippen molar-refractivity contribution < 1.29 is 18.9 Å². The van der Waals surface area contributed by atoms with Crippen molar-refractivity contribution in [2.45, 2.75) is 19.0 Å². The standard InChI is InChI=1S/C23H29ClN2O4/c1-27-19-5-3-18(4-6-19)21(26-7-11-28-12-8-26)16-25-15-17-13-20(24)23-22(14-17)29-9-2-10-30-23/h3-6,13-14,21,25H,2,7-12,15-16H2,1H3. The van der Waals surface area contributed by atoms with Gasteiger partial charge in [-0.15, -0.1) is 0 Å². The lowest BCUT2D eigenvalue weighted by atomic mass is 10.0. The molecule has 0 spiro atoms. The minimum absolute atomic E-state index is 0.260. The summed E-state index contributed by atoms with van der Waals surface area (Å²) in [6.45, 7) is 6.19. The molecule has 0 saturated carbocycles. The monoisotopic (exact) mass is 432 g/mol. The van der Waals surface area contributed by atoms with Gasteiger partial charge in [0.15, 0.2) is 11.5 Å². The summed E-state index contributed by atoms with van der Waals surface area (Å²) in [6, 6.07) is 12.6. The largest absolute Gasteiger partial charge is 0.497 e. The SMILES string of the molecule is COc1ccc(C(CNCc2cc(Cl)c3c(c2)OCCCO3)N2CCOCC2)cc1. The molecule has 7 heteroatoms. The van der Waals surface area contributed by atoms with Crippen molar-refractivity contribution >= 4 is 11.6 Å². The Morgan fingerprint density at radius 2 is 1.83 bits per heavy atom. The van der Waals surface area contributed by atoms with Crippen LogP contribution >= 0.6 is 11.6 Å². The molecule has 1 unspecified atom stereocenters. The fourth-order valence-electron chi connectivity index (χ4n) is 3.91. The summed E-state index contributed by atoms with van der Waals surface area (Å²) in [7, 11) is 1.69. The van der Waals surface area contributed by atoms with Crippen molar-refractivity contribution in [3.05, 3.63) is 52.5 Å². The third kappa shape index (κ3) is 5.19. The molecule has 1 N–H and O–H groups in total. The summed E-state index contributed by atoms with van der Waals surface area (Å²) in [5, 5.41) is 4.21. The van der Waals surface area contributed by atoms with Crippen LogP contribution in [0.5, 0.6) is 17.2 Å². The van der Waals surface area contributed by atoms with E-state index < -0.39 is 0 Å². The van der Waals surface area contributed by atoms with E-state index in [1.807, 2.05) is 24.3 Å². The van der Waals surface area contributed by atoms with Gasteiger partial charge < -0.3 is 24.3 Å². The molecule has 1 fully saturated rings. The Labute approximate surface area is 183 Å². The van der Waals surface area contributed by atoms with Crippen LogP contribution in [0.25, 0.3) is 0 Å². The topological polar surface area (TPSA) is 52.2 Å². The van der Waals surface area contributed by atoms with Crippen molar-refractivity contribution in [2.75, 3.05) is 53.2 Å². The quantitative estimate of drug-likeness (QED) is 0.720. The number of hydrogen-bond donors (Lipinski definition) is 1. The molecule has 0 radical (unpaired) electrons. The van der Waals surface area contributed by atoms with Gasteiger partial charge in [0.2, 0.25) is 0 Å². The first-order valence-corrected chi connectivity index (χ1v) is 10.9. The second kappa shape index (κ2) is 10.4. The summed E-state index contributed by atoms with van der Waals surface area (Å²) >= 11 is 6.44. The highest BCUT2D eigenvalue weighted by Crippen LogP contribution is 2.38. The highest BCUT2D eigenvalue weighted by atomic mass is 35.5. The Morgan fingerprint density at radius 1 is 1.07 bits per heavy atom. The van der Waals surface area contributed by atoms with Crippen LogP contribution in [0.4, 0.5) is 0 Å². The van der Waals surface area contributed by atoms with E-state index in [9.17, 15) is 0 Å². The van der Waals surface area contributed by atoms with Crippen molar-refractivity contribution in [1.82, 2.24) is 10.2 Å². The number of nitrogens with zero attached hydrogens (tertiary/aromatic N) is 1. The van der Waals surface area contributed by atoms with E-state index in [-0.39, 0.29) is 6.04 Å². The zero-order valence-electron chi connectivity index (χ0n) is 17.4. The number of halogens is 1. The maximum Gasteiger partial charge on any atom is 0.179 e. The molecule has 1 atom stereocenters. The molecular formula is C23H29ClN2O4. The average molecular weight is 433 g/mol. The van der Waals surface area contributed by atoms with Crippen LogP contribution in [0.1, 0.15) is 23.6 Å². The van der Waals surface area contributed by atoms with Gasteiger partial charge in [0.25, 0.3) is 0 Å². The predicted octanol–water partition coefficient (Wildman–Crippen LogP) is 3.67. The van der Waals surface area contributed by atoms with E-state index in [0.29, 0.717) is 30.5 Å². The Bertz CT molecular complexity index is 825. The number of methoxy groups -OCH3 is 1. The van der Waals surface area contributed by atoms with E-state index in [2.05, 4.69) is 22.3 Å². The summed E-state index contributed by atoms with van der Waals surface area (Å²) < 4.78 is 22.4. The van der Waals surface area contributed by atoms with Crippen LogP contribution in [-0.4, -0.2) is 58.1 Å². The third-order valence-electron chi connectivity index (χ3n) is 5.52. The summed E-state index contributed by atoms with van der Waals surface area (Å²) in [4.78, 5) is 2.47. The molecule has 6 nitrogen and oxygen atoms in total. The minimum Gasteiger partial charge on any atom is -0.497 e. The second-order valence-electron chi connectivity index (χ2n) is 7.52. The fourth-order valence-corrected chi connectivity index (χ4v) is 4.20. The highest BCUT2D eigenvalue weighted by molar-refractivity contribution is 6.32. The average Bonchev–Trinajstić information content (AvgIpc) is 3.03. The van der Waals surface area contributed by atoms with Crippen molar-refractivity contribution in [3.63, 3.8) is 0 Å². The van der Waals surface area contributed by atoms with E-state index in [0.717, 1.165) is 56.3 Å². The van der Waals surface area contributed by atoms with Crippen LogP contribution in [0.3, 0.4) is 0 Å². The maximum absolute atomic E-state index is 6.44. The molecule has 0 bridgehead atoms. The lowest BCUT2D eigenvalue weighted by molar-refractivity contribution is 0.0161. The molecule has 1 saturated heterocycles. The molecule has 30 heavy (non-hydrogen) atoms. The van der Waals surface area contributed by atoms with Gasteiger partial charge in [-0.25, -0.2) is 0 Å². The summed E-state index contributed by atoms with van der Waals surface area (Å²) in [5.74, 6) is 2.26. The van der Waals surface area contributed by atoms with Gasteiger partial charge in [0.1, 0.15) is 5.75 Å². The maximum atomic E-state index is 6.44. The zero-order chi connectivity index (χ0) is 20.8. The number of morpholine rings is 1.